The van der Waals surface area contributed by atoms with E-state index in [1.807, 2.05) is 59.2 Å². The first kappa shape index (κ1) is 21.5. The Morgan fingerprint density at radius 3 is 2.34 bits per heavy atom. The molecule has 2 aromatic heterocycles. The zero-order valence-electron chi connectivity index (χ0n) is 18.3. The van der Waals surface area contributed by atoms with Gasteiger partial charge in [0.1, 0.15) is 5.82 Å². The quantitative estimate of drug-likeness (QED) is 0.821. The van der Waals surface area contributed by atoms with E-state index in [4.69, 9.17) is 0 Å². The molecule has 8 nitrogen and oxygen atoms in total. The van der Waals surface area contributed by atoms with Crippen LogP contribution in [-0.4, -0.2) is 45.4 Å². The van der Waals surface area contributed by atoms with E-state index in [0.29, 0.717) is 17.8 Å². The molecule has 1 amide bonds. The summed E-state index contributed by atoms with van der Waals surface area (Å²) in [5.41, 5.74) is 1.61. The second-order valence-electron chi connectivity index (χ2n) is 9.85. The molecule has 0 saturated carbocycles. The number of hydrogen-bond donors (Lipinski definition) is 1. The highest BCUT2D eigenvalue weighted by Crippen LogP contribution is 2.31. The fourth-order valence-electron chi connectivity index (χ4n) is 3.59. The molecule has 3 heterocycles. The van der Waals surface area contributed by atoms with Gasteiger partial charge in [0, 0.05) is 17.2 Å². The van der Waals surface area contributed by atoms with Gasteiger partial charge < -0.3 is 5.32 Å². The maximum atomic E-state index is 13.0. The summed E-state index contributed by atoms with van der Waals surface area (Å²) in [4.78, 5) is 13.0. The molecule has 1 N–H and O–H groups in total. The third-order valence-electron chi connectivity index (χ3n) is 5.19. The van der Waals surface area contributed by atoms with E-state index < -0.39 is 9.84 Å². The van der Waals surface area contributed by atoms with E-state index >= 15 is 0 Å². The fourth-order valence-corrected chi connectivity index (χ4v) is 5.29. The van der Waals surface area contributed by atoms with Crippen molar-refractivity contribution >= 4 is 21.6 Å². The van der Waals surface area contributed by atoms with Crippen molar-refractivity contribution in [1.82, 2.24) is 19.6 Å². The van der Waals surface area contributed by atoms with Gasteiger partial charge in [-0.15, -0.1) is 0 Å². The number of nitrogens with one attached hydrogen (secondary N) is 1. The molecule has 29 heavy (non-hydrogen) atoms. The van der Waals surface area contributed by atoms with E-state index in [1.54, 1.807) is 10.9 Å². The summed E-state index contributed by atoms with van der Waals surface area (Å²) in [7, 11) is -3.07. The molecule has 1 aliphatic rings. The van der Waals surface area contributed by atoms with Crippen LogP contribution in [0.3, 0.4) is 0 Å². The van der Waals surface area contributed by atoms with Gasteiger partial charge in [0.15, 0.2) is 9.84 Å². The average molecular weight is 422 g/mol. The lowest BCUT2D eigenvalue weighted by molar-refractivity contribution is 0.102. The van der Waals surface area contributed by atoms with Crippen molar-refractivity contribution < 1.29 is 13.2 Å². The van der Waals surface area contributed by atoms with Crippen molar-refractivity contribution in [2.75, 3.05) is 16.8 Å². The Balaban J connectivity index is 1.95. The van der Waals surface area contributed by atoms with Crippen molar-refractivity contribution in [3.8, 4) is 0 Å². The predicted molar refractivity (Wildman–Crippen MR) is 113 cm³/mol. The Morgan fingerprint density at radius 2 is 1.86 bits per heavy atom. The van der Waals surface area contributed by atoms with E-state index in [0.717, 1.165) is 11.4 Å². The monoisotopic (exact) mass is 421 g/mol. The summed E-state index contributed by atoms with van der Waals surface area (Å²) in [5.74, 6) is 0.431. The molecule has 2 aromatic rings. The Labute approximate surface area is 172 Å². The average Bonchev–Trinajstić information content (AvgIpc) is 3.22. The summed E-state index contributed by atoms with van der Waals surface area (Å²) < 4.78 is 27.4. The third-order valence-corrected chi connectivity index (χ3v) is 6.94. The van der Waals surface area contributed by atoms with Crippen LogP contribution in [0.2, 0.25) is 0 Å². The van der Waals surface area contributed by atoms with Crippen molar-refractivity contribution in [2.24, 2.45) is 0 Å². The Hall–Kier alpha value is -2.16. The van der Waals surface area contributed by atoms with Gasteiger partial charge in [-0.3, -0.25) is 9.48 Å². The summed E-state index contributed by atoms with van der Waals surface area (Å²) in [6.45, 7) is 14.1. The molecular weight excluding hydrogens is 390 g/mol. The number of carbonyl (C=O) groups excluding carboxylic acids is 1. The molecule has 1 saturated heterocycles. The van der Waals surface area contributed by atoms with Gasteiger partial charge >= 0.3 is 0 Å². The highest BCUT2D eigenvalue weighted by Gasteiger charge is 2.33. The zero-order valence-corrected chi connectivity index (χ0v) is 19.1. The zero-order chi connectivity index (χ0) is 21.8. The van der Waals surface area contributed by atoms with E-state index in [2.05, 4.69) is 15.5 Å². The van der Waals surface area contributed by atoms with Gasteiger partial charge in [-0.25, -0.2) is 13.1 Å². The molecule has 0 aliphatic carbocycles. The first-order valence-electron chi connectivity index (χ1n) is 9.86. The van der Waals surface area contributed by atoms with Crippen LogP contribution in [0.25, 0.3) is 0 Å². The summed E-state index contributed by atoms with van der Waals surface area (Å²) >= 11 is 0. The van der Waals surface area contributed by atoms with Gasteiger partial charge in [0.2, 0.25) is 0 Å². The standard InChI is InChI=1S/C20H31N5O3S/c1-13-15(11-21-25(13)20(5,6)7)18(26)22-17-10-16(19(2,3)4)23-24(17)14-8-9-29(27,28)12-14/h10-11,14H,8-9,12H2,1-7H3,(H,22,26)/t14-/m1/s1. The van der Waals surface area contributed by atoms with Crippen molar-refractivity contribution in [1.29, 1.82) is 0 Å². The minimum absolute atomic E-state index is 0.0438. The first-order valence-corrected chi connectivity index (χ1v) is 11.7. The molecule has 0 spiro atoms. The van der Waals surface area contributed by atoms with Crippen LogP contribution < -0.4 is 5.32 Å². The predicted octanol–water partition coefficient (Wildman–Crippen LogP) is 3.05. The summed E-state index contributed by atoms with van der Waals surface area (Å²) in [6, 6.07) is 1.57. The molecule has 0 unspecified atom stereocenters. The van der Waals surface area contributed by atoms with Crippen LogP contribution >= 0.6 is 0 Å². The van der Waals surface area contributed by atoms with Crippen molar-refractivity contribution in [2.45, 2.75) is 71.9 Å². The maximum absolute atomic E-state index is 13.0. The van der Waals surface area contributed by atoms with Crippen LogP contribution in [0.1, 0.15) is 75.8 Å². The molecule has 3 rings (SSSR count). The normalized spacial score (nSPS) is 19.5. The highest BCUT2D eigenvalue weighted by molar-refractivity contribution is 7.91. The highest BCUT2D eigenvalue weighted by atomic mass is 32.2. The van der Waals surface area contributed by atoms with Crippen molar-refractivity contribution in [3.05, 3.63) is 29.2 Å². The number of amides is 1. The molecule has 1 fully saturated rings. The number of hydrogen-bond acceptors (Lipinski definition) is 5. The van der Waals surface area contributed by atoms with Crippen LogP contribution in [0.15, 0.2) is 12.3 Å². The van der Waals surface area contributed by atoms with E-state index in [-0.39, 0.29) is 34.4 Å². The molecule has 0 radical (unpaired) electrons. The largest absolute Gasteiger partial charge is 0.307 e. The minimum Gasteiger partial charge on any atom is -0.307 e. The second kappa shape index (κ2) is 6.97. The number of carbonyl (C=O) groups is 1. The van der Waals surface area contributed by atoms with Gasteiger partial charge in [-0.2, -0.15) is 10.2 Å². The second-order valence-corrected chi connectivity index (χ2v) is 12.1. The van der Waals surface area contributed by atoms with Crippen LogP contribution in [0.5, 0.6) is 0 Å². The Kier molecular flexibility index (Phi) is 5.18. The molecular formula is C20H31N5O3S. The fraction of sp³-hybridized carbons (Fsp3) is 0.650. The number of anilines is 1. The van der Waals surface area contributed by atoms with E-state index in [9.17, 15) is 13.2 Å². The lowest BCUT2D eigenvalue weighted by atomic mass is 9.92. The van der Waals surface area contributed by atoms with Gasteiger partial charge in [0.25, 0.3) is 5.91 Å². The number of rotatable bonds is 3. The lowest BCUT2D eigenvalue weighted by Crippen LogP contribution is -2.25. The number of nitrogens with zero attached hydrogens (tertiary/aromatic N) is 4. The molecule has 0 aromatic carbocycles. The number of sulfone groups is 1. The van der Waals surface area contributed by atoms with Crippen molar-refractivity contribution in [3.63, 3.8) is 0 Å². The maximum Gasteiger partial charge on any atom is 0.260 e. The molecule has 160 valence electrons. The van der Waals surface area contributed by atoms with Gasteiger partial charge in [0.05, 0.1) is 40.5 Å². The lowest BCUT2D eigenvalue weighted by Gasteiger charge is -2.21. The Morgan fingerprint density at radius 1 is 1.21 bits per heavy atom. The minimum atomic E-state index is -3.07. The van der Waals surface area contributed by atoms with Gasteiger partial charge in [-0.05, 0) is 34.1 Å². The van der Waals surface area contributed by atoms with Gasteiger partial charge in [-0.1, -0.05) is 20.8 Å². The smallest absolute Gasteiger partial charge is 0.260 e. The van der Waals surface area contributed by atoms with Crippen LogP contribution in [0, 0.1) is 6.92 Å². The first-order chi connectivity index (χ1) is 13.2. The topological polar surface area (TPSA) is 98.9 Å². The molecule has 9 heteroatoms. The van der Waals surface area contributed by atoms with E-state index in [1.165, 1.54) is 0 Å². The summed E-state index contributed by atoms with van der Waals surface area (Å²) in [6.07, 6.45) is 2.07. The molecule has 0 bridgehead atoms. The molecule has 1 atom stereocenters. The van der Waals surface area contributed by atoms with Crippen LogP contribution in [0.4, 0.5) is 5.82 Å². The number of aromatic nitrogens is 4. The SMILES string of the molecule is Cc1c(C(=O)Nc2cc(C(C)(C)C)nn2[C@@H]2CCS(=O)(=O)C2)cnn1C(C)(C)C. The van der Waals surface area contributed by atoms with Crippen LogP contribution in [-0.2, 0) is 20.8 Å². The third kappa shape index (κ3) is 4.39. The summed E-state index contributed by atoms with van der Waals surface area (Å²) in [5, 5.41) is 12.0. The molecule has 1 aliphatic heterocycles. The Bertz CT molecular complexity index is 1040.